The van der Waals surface area contributed by atoms with Gasteiger partial charge < -0.3 is 10.8 Å². The summed E-state index contributed by atoms with van der Waals surface area (Å²) in [5.74, 6) is -2.28. The summed E-state index contributed by atoms with van der Waals surface area (Å²) in [5.41, 5.74) is 5.49. The molecule has 0 amide bonds. The van der Waals surface area contributed by atoms with Crippen LogP contribution in [0, 0.1) is 11.6 Å². The summed E-state index contributed by atoms with van der Waals surface area (Å²) in [6.07, 6.45) is 2.92. The van der Waals surface area contributed by atoms with Gasteiger partial charge in [0.05, 0.1) is 0 Å². The molecule has 3 N–H and O–H groups in total. The molecule has 14 heavy (non-hydrogen) atoms. The summed E-state index contributed by atoms with van der Waals surface area (Å²) < 4.78 is 25.5. The molecule has 76 valence electrons. The summed E-state index contributed by atoms with van der Waals surface area (Å²) in [7, 11) is 0. The molecule has 0 aliphatic heterocycles. The van der Waals surface area contributed by atoms with Crippen molar-refractivity contribution >= 4 is 6.08 Å². The van der Waals surface area contributed by atoms with Crippen LogP contribution in [0.25, 0.3) is 6.08 Å². The molecule has 1 rings (SSSR count). The Morgan fingerprint density at radius 2 is 2.07 bits per heavy atom. The van der Waals surface area contributed by atoms with E-state index in [0.29, 0.717) is 6.07 Å². The Hall–Kier alpha value is -1.42. The molecule has 0 bridgehead atoms. The van der Waals surface area contributed by atoms with Crippen molar-refractivity contribution in [3.8, 4) is 5.75 Å². The van der Waals surface area contributed by atoms with Gasteiger partial charge in [0.15, 0.2) is 11.6 Å². The molecule has 1 aromatic carbocycles. The third-order valence-corrected chi connectivity index (χ3v) is 1.64. The van der Waals surface area contributed by atoms with Crippen molar-refractivity contribution in [1.82, 2.24) is 0 Å². The van der Waals surface area contributed by atoms with Gasteiger partial charge in [-0.15, -0.1) is 0 Å². The van der Waals surface area contributed by atoms with Crippen LogP contribution in [-0.2, 0) is 0 Å². The van der Waals surface area contributed by atoms with Gasteiger partial charge in [-0.1, -0.05) is 12.2 Å². The summed E-state index contributed by atoms with van der Waals surface area (Å²) in [6.45, 7) is 1.71. The minimum Gasteiger partial charge on any atom is -0.504 e. The molecule has 2 nitrogen and oxygen atoms in total. The summed E-state index contributed by atoms with van der Waals surface area (Å²) in [5, 5.41) is 9.20. The van der Waals surface area contributed by atoms with Gasteiger partial charge in [-0.05, 0) is 13.0 Å². The minimum absolute atomic E-state index is 0.0831. The van der Waals surface area contributed by atoms with Crippen LogP contribution in [0.15, 0.2) is 18.2 Å². The number of benzene rings is 1. The normalized spacial score (nSPS) is 13.4. The highest BCUT2D eigenvalue weighted by atomic mass is 19.1. The van der Waals surface area contributed by atoms with E-state index in [0.717, 1.165) is 6.07 Å². The highest BCUT2D eigenvalue weighted by molar-refractivity contribution is 5.57. The fourth-order valence-corrected chi connectivity index (χ4v) is 0.968. The predicted octanol–water partition coefficient (Wildman–Crippen LogP) is 2.03. The largest absolute Gasteiger partial charge is 0.504 e. The van der Waals surface area contributed by atoms with Crippen LogP contribution < -0.4 is 5.73 Å². The first-order chi connectivity index (χ1) is 6.50. The van der Waals surface area contributed by atoms with E-state index in [1.54, 1.807) is 6.92 Å². The molecule has 0 fully saturated rings. The molecule has 0 radical (unpaired) electrons. The number of hydrogen-bond acceptors (Lipinski definition) is 2. The molecule has 0 spiro atoms. The SMILES string of the molecule is CC(N)/C=C/c1cc(F)cc(F)c1O. The Balaban J connectivity index is 3.08. The molecule has 0 heterocycles. The second-order valence-electron chi connectivity index (χ2n) is 3.04. The molecule has 0 saturated carbocycles. The van der Waals surface area contributed by atoms with Crippen LogP contribution in [0.1, 0.15) is 12.5 Å². The van der Waals surface area contributed by atoms with E-state index in [1.807, 2.05) is 0 Å². The number of rotatable bonds is 2. The minimum atomic E-state index is -0.977. The second kappa shape index (κ2) is 4.19. The first-order valence-electron chi connectivity index (χ1n) is 4.12. The lowest BCUT2D eigenvalue weighted by Gasteiger charge is -2.01. The Labute approximate surface area is 80.7 Å². The van der Waals surface area contributed by atoms with Crippen LogP contribution in [0.2, 0.25) is 0 Å². The molecule has 0 saturated heterocycles. The van der Waals surface area contributed by atoms with Crippen LogP contribution in [0.3, 0.4) is 0 Å². The smallest absolute Gasteiger partial charge is 0.168 e. The van der Waals surface area contributed by atoms with E-state index in [-0.39, 0.29) is 11.6 Å². The van der Waals surface area contributed by atoms with Crippen LogP contribution >= 0.6 is 0 Å². The second-order valence-corrected chi connectivity index (χ2v) is 3.04. The average Bonchev–Trinajstić information content (AvgIpc) is 2.08. The third kappa shape index (κ3) is 2.53. The van der Waals surface area contributed by atoms with Crippen molar-refractivity contribution < 1.29 is 13.9 Å². The maximum atomic E-state index is 12.8. The average molecular weight is 199 g/mol. The van der Waals surface area contributed by atoms with Crippen LogP contribution in [0.5, 0.6) is 5.75 Å². The number of phenolic OH excluding ortho intramolecular Hbond substituents is 1. The Morgan fingerprint density at radius 3 is 2.64 bits per heavy atom. The van der Waals surface area contributed by atoms with Gasteiger partial charge in [0.2, 0.25) is 0 Å². The number of phenols is 1. The zero-order valence-corrected chi connectivity index (χ0v) is 7.67. The Kier molecular flexibility index (Phi) is 3.19. The van der Waals surface area contributed by atoms with Gasteiger partial charge in [-0.25, -0.2) is 8.78 Å². The van der Waals surface area contributed by atoms with E-state index >= 15 is 0 Å². The number of aromatic hydroxyl groups is 1. The van der Waals surface area contributed by atoms with Gasteiger partial charge in [0.1, 0.15) is 5.82 Å². The molecule has 4 heteroatoms. The zero-order valence-electron chi connectivity index (χ0n) is 7.67. The molecule has 1 atom stereocenters. The van der Waals surface area contributed by atoms with Gasteiger partial charge in [0, 0.05) is 17.7 Å². The van der Waals surface area contributed by atoms with Crippen molar-refractivity contribution in [3.05, 3.63) is 35.4 Å². The van der Waals surface area contributed by atoms with E-state index in [1.165, 1.54) is 12.2 Å². The van der Waals surface area contributed by atoms with E-state index in [4.69, 9.17) is 5.73 Å². The molecule has 1 aromatic rings. The highest BCUT2D eigenvalue weighted by Gasteiger charge is 2.07. The fraction of sp³-hybridized carbons (Fsp3) is 0.200. The quantitative estimate of drug-likeness (QED) is 0.765. The Bertz CT molecular complexity index is 361. The van der Waals surface area contributed by atoms with E-state index < -0.39 is 17.4 Å². The van der Waals surface area contributed by atoms with Crippen LogP contribution in [-0.4, -0.2) is 11.1 Å². The monoisotopic (exact) mass is 199 g/mol. The maximum absolute atomic E-state index is 12.8. The highest BCUT2D eigenvalue weighted by Crippen LogP contribution is 2.23. The number of hydrogen-bond donors (Lipinski definition) is 2. The molecule has 1 unspecified atom stereocenters. The van der Waals surface area contributed by atoms with Gasteiger partial charge in [-0.3, -0.25) is 0 Å². The van der Waals surface area contributed by atoms with Gasteiger partial charge in [0.25, 0.3) is 0 Å². The fourth-order valence-electron chi connectivity index (χ4n) is 0.968. The van der Waals surface area contributed by atoms with Gasteiger partial charge in [-0.2, -0.15) is 0 Å². The van der Waals surface area contributed by atoms with Crippen molar-refractivity contribution in [2.24, 2.45) is 5.73 Å². The third-order valence-electron chi connectivity index (χ3n) is 1.64. The van der Waals surface area contributed by atoms with Crippen molar-refractivity contribution in [3.63, 3.8) is 0 Å². The number of nitrogens with two attached hydrogens (primary N) is 1. The van der Waals surface area contributed by atoms with Gasteiger partial charge >= 0.3 is 0 Å². The molecule has 0 aliphatic rings. The molecule has 0 aromatic heterocycles. The van der Waals surface area contributed by atoms with Crippen molar-refractivity contribution in [1.29, 1.82) is 0 Å². The first kappa shape index (κ1) is 10.7. The topological polar surface area (TPSA) is 46.2 Å². The van der Waals surface area contributed by atoms with E-state index in [2.05, 4.69) is 0 Å². The summed E-state index contributed by atoms with van der Waals surface area (Å²) in [6, 6.07) is 1.43. The van der Waals surface area contributed by atoms with E-state index in [9.17, 15) is 13.9 Å². The molecular formula is C10H11F2NO. The number of halogens is 2. The summed E-state index contributed by atoms with van der Waals surface area (Å²) in [4.78, 5) is 0. The first-order valence-corrected chi connectivity index (χ1v) is 4.12. The molecule has 0 aliphatic carbocycles. The predicted molar refractivity (Wildman–Crippen MR) is 50.7 cm³/mol. The maximum Gasteiger partial charge on any atom is 0.168 e. The Morgan fingerprint density at radius 1 is 1.43 bits per heavy atom. The lowest BCUT2D eigenvalue weighted by atomic mass is 10.1. The lowest BCUT2D eigenvalue weighted by molar-refractivity contribution is 0.426. The summed E-state index contributed by atoms with van der Waals surface area (Å²) >= 11 is 0. The standard InChI is InChI=1S/C10H11F2NO/c1-6(13)2-3-7-4-8(11)5-9(12)10(7)14/h2-6,14H,13H2,1H3/b3-2+. The zero-order chi connectivity index (χ0) is 10.7. The molecular weight excluding hydrogens is 188 g/mol. The lowest BCUT2D eigenvalue weighted by Crippen LogP contribution is -2.09. The van der Waals surface area contributed by atoms with Crippen molar-refractivity contribution in [2.45, 2.75) is 13.0 Å². The van der Waals surface area contributed by atoms with Crippen LogP contribution in [0.4, 0.5) is 8.78 Å². The van der Waals surface area contributed by atoms with Crippen molar-refractivity contribution in [2.75, 3.05) is 0 Å².